The molecule has 3 fully saturated rings. The Morgan fingerprint density at radius 3 is 2.57 bits per heavy atom. The van der Waals surface area contributed by atoms with Crippen molar-refractivity contribution in [1.82, 2.24) is 24.9 Å². The lowest BCUT2D eigenvalue weighted by Gasteiger charge is -2.26. The summed E-state index contributed by atoms with van der Waals surface area (Å²) < 4.78 is 40.1. The summed E-state index contributed by atoms with van der Waals surface area (Å²) in [5.41, 5.74) is 0.00244. The van der Waals surface area contributed by atoms with Crippen LogP contribution in [0.5, 0.6) is 11.5 Å². The van der Waals surface area contributed by atoms with Crippen LogP contribution < -0.4 is 24.8 Å². The zero-order valence-electron chi connectivity index (χ0n) is 32.4. The molecule has 0 saturated heterocycles. The normalized spacial score (nSPS) is 25.8. The van der Waals surface area contributed by atoms with Crippen LogP contribution >= 0.6 is 11.3 Å². The molecule has 4 amide bonds. The number of fused-ring (bicyclic) bond motifs is 3. The van der Waals surface area contributed by atoms with Gasteiger partial charge in [0.25, 0.3) is 5.91 Å². The van der Waals surface area contributed by atoms with Crippen molar-refractivity contribution in [3.8, 4) is 22.9 Å². The minimum atomic E-state index is -3.85. The van der Waals surface area contributed by atoms with Crippen LogP contribution in [-0.2, 0) is 29.2 Å². The molecule has 2 aromatic heterocycles. The van der Waals surface area contributed by atoms with Crippen molar-refractivity contribution < 1.29 is 37.1 Å². The van der Waals surface area contributed by atoms with Gasteiger partial charge >= 0.3 is 0 Å². The number of carbonyl (C=O) groups excluding carboxylic acids is 4. The van der Waals surface area contributed by atoms with Gasteiger partial charge in [0.1, 0.15) is 28.8 Å². The van der Waals surface area contributed by atoms with Crippen LogP contribution in [0.4, 0.5) is 5.13 Å². The number of carbonyl (C=O) groups is 4. The summed E-state index contributed by atoms with van der Waals surface area (Å²) in [6, 6.07) is 7.21. The molecular formula is C40H50N6O8S2. The van der Waals surface area contributed by atoms with Crippen LogP contribution in [-0.4, -0.2) is 84.5 Å². The quantitative estimate of drug-likeness (QED) is 0.243. The molecule has 56 heavy (non-hydrogen) atoms. The van der Waals surface area contributed by atoms with Crippen LogP contribution in [0.3, 0.4) is 0 Å². The van der Waals surface area contributed by atoms with Crippen molar-refractivity contribution in [2.45, 2.75) is 95.5 Å². The van der Waals surface area contributed by atoms with Gasteiger partial charge in [-0.2, -0.15) is 0 Å². The fourth-order valence-electron chi connectivity index (χ4n) is 7.70. The number of nitrogens with zero attached hydrogens (tertiary/aromatic N) is 3. The summed E-state index contributed by atoms with van der Waals surface area (Å²) in [5.74, 6) is -2.41. The second kappa shape index (κ2) is 15.4. The summed E-state index contributed by atoms with van der Waals surface area (Å²) >= 11 is 1.29. The third-order valence-corrected chi connectivity index (χ3v) is 13.5. The van der Waals surface area contributed by atoms with Gasteiger partial charge in [-0.3, -0.25) is 23.9 Å². The SMILES string of the molecule is COc1ccc2c(O[C@@H]3C[C@H]4C(=O)N[C@]5(C(=O)NS(=O)(=O)C6CC6)C[C@H]5C=CCCCCN(C)C(=O)[C@@H]4C3)cc(-c3csc(NC(=O)CC(C)(C)C)n3)nc2c1. The number of thiazole rings is 1. The lowest BCUT2D eigenvalue weighted by atomic mass is 9.92. The molecule has 14 nitrogen and oxygen atoms in total. The first-order valence-electron chi connectivity index (χ1n) is 19.3. The molecule has 3 saturated carbocycles. The van der Waals surface area contributed by atoms with Gasteiger partial charge in [-0.1, -0.05) is 32.9 Å². The first-order valence-corrected chi connectivity index (χ1v) is 21.7. The monoisotopic (exact) mass is 806 g/mol. The zero-order chi connectivity index (χ0) is 40.0. The number of anilines is 1. The molecule has 300 valence electrons. The van der Waals surface area contributed by atoms with Crippen LogP contribution in [0.2, 0.25) is 0 Å². The predicted octanol–water partition coefficient (Wildman–Crippen LogP) is 5.20. The number of allylic oxidation sites excluding steroid dienone is 1. The van der Waals surface area contributed by atoms with Crippen LogP contribution in [0.25, 0.3) is 22.3 Å². The largest absolute Gasteiger partial charge is 0.497 e. The van der Waals surface area contributed by atoms with E-state index in [9.17, 15) is 27.6 Å². The van der Waals surface area contributed by atoms with E-state index in [2.05, 4.69) is 20.3 Å². The lowest BCUT2D eigenvalue weighted by Crippen LogP contribution is -2.54. The Balaban J connectivity index is 1.17. The van der Waals surface area contributed by atoms with Crippen LogP contribution in [0, 0.1) is 23.2 Å². The third-order valence-electron chi connectivity index (χ3n) is 11.0. The van der Waals surface area contributed by atoms with E-state index in [4.69, 9.17) is 14.5 Å². The average Bonchev–Trinajstić information content (AvgIpc) is 4.02. The first-order chi connectivity index (χ1) is 26.5. The molecule has 3 aromatic rings. The highest BCUT2D eigenvalue weighted by atomic mass is 32.2. The van der Waals surface area contributed by atoms with Crippen molar-refractivity contribution in [2.24, 2.45) is 23.2 Å². The maximum absolute atomic E-state index is 14.3. The van der Waals surface area contributed by atoms with Gasteiger partial charge in [0.15, 0.2) is 5.13 Å². The van der Waals surface area contributed by atoms with E-state index in [0.29, 0.717) is 64.7 Å². The number of sulfonamides is 1. The molecule has 0 unspecified atom stereocenters. The number of pyridine rings is 1. The molecule has 5 atom stereocenters. The van der Waals surface area contributed by atoms with Gasteiger partial charge in [0.2, 0.25) is 27.7 Å². The Labute approximate surface area is 331 Å². The number of methoxy groups -OCH3 is 1. The summed E-state index contributed by atoms with van der Waals surface area (Å²) in [5, 5.41) is 8.17. The zero-order valence-corrected chi connectivity index (χ0v) is 34.1. The Morgan fingerprint density at radius 2 is 1.84 bits per heavy atom. The predicted molar refractivity (Wildman–Crippen MR) is 212 cm³/mol. The van der Waals surface area contributed by atoms with Crippen LogP contribution in [0.15, 0.2) is 41.8 Å². The molecular weight excluding hydrogens is 757 g/mol. The van der Waals surface area contributed by atoms with Crippen LogP contribution in [0.1, 0.15) is 78.6 Å². The second-order valence-electron chi connectivity index (χ2n) is 16.8. The van der Waals surface area contributed by atoms with Crippen molar-refractivity contribution in [3.05, 3.63) is 41.8 Å². The molecule has 3 heterocycles. The number of amides is 4. The highest BCUT2D eigenvalue weighted by Gasteiger charge is 2.62. The van der Waals surface area contributed by atoms with E-state index in [1.54, 1.807) is 37.3 Å². The van der Waals surface area contributed by atoms with Gasteiger partial charge in [-0.25, -0.2) is 18.4 Å². The van der Waals surface area contributed by atoms with E-state index < -0.39 is 50.6 Å². The van der Waals surface area contributed by atoms with E-state index in [1.807, 2.05) is 44.4 Å². The Morgan fingerprint density at radius 1 is 1.07 bits per heavy atom. The molecule has 0 spiro atoms. The number of ether oxygens (including phenoxy) is 2. The fraction of sp³-hybridized carbons (Fsp3) is 0.550. The Kier molecular flexibility index (Phi) is 10.9. The number of rotatable bonds is 9. The smallest absolute Gasteiger partial charge is 0.259 e. The number of hydrogen-bond acceptors (Lipinski definition) is 11. The third kappa shape index (κ3) is 8.70. The highest BCUT2D eigenvalue weighted by Crippen LogP contribution is 2.47. The van der Waals surface area contributed by atoms with E-state index in [-0.39, 0.29) is 42.4 Å². The summed E-state index contributed by atoms with van der Waals surface area (Å²) in [6.45, 7) is 6.51. The van der Waals surface area contributed by atoms with Crippen molar-refractivity contribution in [2.75, 3.05) is 26.0 Å². The van der Waals surface area contributed by atoms with E-state index >= 15 is 0 Å². The Hall–Kier alpha value is -4.57. The number of aromatic nitrogens is 2. The molecule has 0 radical (unpaired) electrons. The van der Waals surface area contributed by atoms with Gasteiger partial charge in [-0.15, -0.1) is 11.3 Å². The molecule has 1 aliphatic heterocycles. The first kappa shape index (κ1) is 39.7. The summed E-state index contributed by atoms with van der Waals surface area (Å²) in [6.07, 6.45) is 7.64. The van der Waals surface area contributed by atoms with Gasteiger partial charge < -0.3 is 25.0 Å². The molecule has 4 aliphatic rings. The molecule has 1 aromatic carbocycles. The van der Waals surface area contributed by atoms with Crippen molar-refractivity contribution in [1.29, 1.82) is 0 Å². The van der Waals surface area contributed by atoms with Gasteiger partial charge in [0, 0.05) is 48.8 Å². The maximum Gasteiger partial charge on any atom is 0.259 e. The maximum atomic E-state index is 14.3. The number of hydrogen-bond donors (Lipinski definition) is 3. The van der Waals surface area contributed by atoms with Crippen molar-refractivity contribution >= 4 is 61.0 Å². The van der Waals surface area contributed by atoms with E-state index in [0.717, 1.165) is 19.3 Å². The number of nitrogens with one attached hydrogen (secondary N) is 3. The highest BCUT2D eigenvalue weighted by molar-refractivity contribution is 7.91. The second-order valence-corrected chi connectivity index (χ2v) is 19.6. The topological polar surface area (TPSA) is 186 Å². The van der Waals surface area contributed by atoms with Gasteiger partial charge in [0.05, 0.1) is 35.4 Å². The average molecular weight is 807 g/mol. The molecule has 16 heteroatoms. The fourth-order valence-corrected chi connectivity index (χ4v) is 9.78. The van der Waals surface area contributed by atoms with E-state index in [1.165, 1.54) is 11.3 Å². The minimum Gasteiger partial charge on any atom is -0.497 e. The molecule has 0 bridgehead atoms. The molecule has 3 N–H and O–H groups in total. The van der Waals surface area contributed by atoms with Crippen molar-refractivity contribution in [3.63, 3.8) is 0 Å². The van der Waals surface area contributed by atoms with Gasteiger partial charge in [-0.05, 0) is 68.9 Å². The molecule has 3 aliphatic carbocycles. The minimum absolute atomic E-state index is 0.135. The summed E-state index contributed by atoms with van der Waals surface area (Å²) in [7, 11) is -0.542. The number of benzene rings is 1. The summed E-state index contributed by atoms with van der Waals surface area (Å²) in [4.78, 5) is 65.8. The Bertz CT molecular complexity index is 2180. The molecule has 7 rings (SSSR count). The lowest BCUT2D eigenvalue weighted by molar-refractivity contribution is -0.140. The standard InChI is InChI=1S/C40H50N6O8S2/c1-39(2,3)21-34(47)43-38-42-32(22-55-38)31-19-33(27-14-11-24(53-5)18-30(27)41-31)54-25-16-28-29(17-25)36(49)46(4)15-9-7-6-8-10-23-20-40(23,44-35(28)48)37(50)45-56(51,52)26-12-13-26/h8,10-11,14,18-19,22-23,25-26,28-29H,6-7,9,12-13,15-17,20-21H2,1-5H3,(H,44,48)(H,45,50)(H,42,43,47)/t23-,25-,28-,29-,40-/m1/s1.